The highest BCUT2D eigenvalue weighted by Crippen LogP contribution is 2.27. The molecule has 6 heteroatoms. The number of benzene rings is 1. The van der Waals surface area contributed by atoms with E-state index in [0.717, 1.165) is 18.6 Å². The number of sulfonamides is 1. The van der Waals surface area contributed by atoms with E-state index in [9.17, 15) is 8.42 Å². The number of rotatable bonds is 5. The van der Waals surface area contributed by atoms with Gasteiger partial charge in [0.05, 0.1) is 6.26 Å². The van der Waals surface area contributed by atoms with Crippen molar-refractivity contribution in [2.24, 2.45) is 0 Å². The lowest BCUT2D eigenvalue weighted by molar-refractivity contribution is -0.0745. The van der Waals surface area contributed by atoms with Gasteiger partial charge in [0.2, 0.25) is 10.0 Å². The summed E-state index contributed by atoms with van der Waals surface area (Å²) in [6.07, 6.45) is 2.80. The van der Waals surface area contributed by atoms with Gasteiger partial charge in [0, 0.05) is 20.2 Å². The van der Waals surface area contributed by atoms with Crippen LogP contribution in [0.5, 0.6) is 5.75 Å². The van der Waals surface area contributed by atoms with Crippen molar-refractivity contribution in [3.63, 3.8) is 0 Å². The lowest BCUT2D eigenvalue weighted by atomic mass is 9.95. The molecule has 1 aromatic rings. The fourth-order valence-corrected chi connectivity index (χ4v) is 3.46. The molecule has 0 bridgehead atoms. The van der Waals surface area contributed by atoms with E-state index in [2.05, 4.69) is 0 Å². The highest BCUT2D eigenvalue weighted by molar-refractivity contribution is 7.88. The SMILES string of the molecule is CO[C@]1(COc2ccc(C)cc2)CCCN(S(C)(=O)=O)C1. The molecule has 0 N–H and O–H groups in total. The Hall–Kier alpha value is -1.11. The average molecular weight is 313 g/mol. The lowest BCUT2D eigenvalue weighted by Crippen LogP contribution is -2.54. The topological polar surface area (TPSA) is 55.8 Å². The maximum absolute atomic E-state index is 11.7. The molecule has 1 saturated heterocycles. The molecule has 1 aliphatic rings. The van der Waals surface area contributed by atoms with Gasteiger partial charge in [0.1, 0.15) is 18.0 Å². The number of piperidine rings is 1. The second-order valence-electron chi connectivity index (χ2n) is 5.69. The molecule has 5 nitrogen and oxygen atoms in total. The fourth-order valence-electron chi connectivity index (χ4n) is 2.53. The van der Waals surface area contributed by atoms with Crippen LogP contribution in [0, 0.1) is 6.92 Å². The van der Waals surface area contributed by atoms with Gasteiger partial charge in [-0.25, -0.2) is 8.42 Å². The summed E-state index contributed by atoms with van der Waals surface area (Å²) in [7, 11) is -1.58. The third-order valence-electron chi connectivity index (χ3n) is 3.93. The van der Waals surface area contributed by atoms with Crippen molar-refractivity contribution in [3.05, 3.63) is 29.8 Å². The zero-order chi connectivity index (χ0) is 15.5. The molecule has 21 heavy (non-hydrogen) atoms. The Labute approximate surface area is 126 Å². The van der Waals surface area contributed by atoms with E-state index < -0.39 is 15.6 Å². The minimum atomic E-state index is -3.20. The van der Waals surface area contributed by atoms with Crippen LogP contribution in [-0.2, 0) is 14.8 Å². The molecule has 118 valence electrons. The number of hydrogen-bond acceptors (Lipinski definition) is 4. The highest BCUT2D eigenvalue weighted by Gasteiger charge is 2.39. The van der Waals surface area contributed by atoms with Gasteiger partial charge in [0.15, 0.2) is 0 Å². The molecule has 2 rings (SSSR count). The normalized spacial score (nSPS) is 24.0. The summed E-state index contributed by atoms with van der Waals surface area (Å²) in [5.41, 5.74) is 0.594. The molecule has 1 aliphatic heterocycles. The number of nitrogens with zero attached hydrogens (tertiary/aromatic N) is 1. The standard InChI is InChI=1S/C15H23NO4S/c1-13-5-7-14(8-6-13)20-12-15(19-2)9-4-10-16(11-15)21(3,17)18/h5-8H,4,9-12H2,1-3H3/t15-/m1/s1. The van der Waals surface area contributed by atoms with Gasteiger partial charge >= 0.3 is 0 Å². The van der Waals surface area contributed by atoms with Gasteiger partial charge in [-0.15, -0.1) is 0 Å². The summed E-state index contributed by atoms with van der Waals surface area (Å²) in [6.45, 7) is 3.26. The van der Waals surface area contributed by atoms with Crippen molar-refractivity contribution < 1.29 is 17.9 Å². The van der Waals surface area contributed by atoms with Gasteiger partial charge in [-0.3, -0.25) is 0 Å². The van der Waals surface area contributed by atoms with Crippen LogP contribution >= 0.6 is 0 Å². The summed E-state index contributed by atoms with van der Waals surface area (Å²) in [6, 6.07) is 7.79. The van der Waals surface area contributed by atoms with Gasteiger partial charge < -0.3 is 9.47 Å². The van der Waals surface area contributed by atoms with E-state index in [1.807, 2.05) is 31.2 Å². The minimum absolute atomic E-state index is 0.341. The first-order valence-corrected chi connectivity index (χ1v) is 8.89. The predicted molar refractivity (Wildman–Crippen MR) is 82.1 cm³/mol. The minimum Gasteiger partial charge on any atom is -0.491 e. The Kier molecular flexibility index (Phi) is 4.91. The second-order valence-corrected chi connectivity index (χ2v) is 7.67. The molecule has 1 atom stereocenters. The smallest absolute Gasteiger partial charge is 0.211 e. The van der Waals surface area contributed by atoms with Crippen LogP contribution in [0.4, 0.5) is 0 Å². The van der Waals surface area contributed by atoms with E-state index in [1.54, 1.807) is 7.11 Å². The van der Waals surface area contributed by atoms with E-state index in [4.69, 9.17) is 9.47 Å². The van der Waals surface area contributed by atoms with Crippen molar-refractivity contribution in [1.82, 2.24) is 4.31 Å². The van der Waals surface area contributed by atoms with Crippen LogP contribution in [0.3, 0.4) is 0 Å². The molecular formula is C15H23NO4S. The van der Waals surface area contributed by atoms with Crippen LogP contribution in [0.1, 0.15) is 18.4 Å². The number of methoxy groups -OCH3 is 1. The molecular weight excluding hydrogens is 290 g/mol. The summed E-state index contributed by atoms with van der Waals surface area (Å²) in [5, 5.41) is 0. The Morgan fingerprint density at radius 3 is 2.52 bits per heavy atom. The highest BCUT2D eigenvalue weighted by atomic mass is 32.2. The number of ether oxygens (including phenoxy) is 2. The molecule has 0 aromatic heterocycles. The largest absolute Gasteiger partial charge is 0.491 e. The van der Waals surface area contributed by atoms with Crippen molar-refractivity contribution in [2.75, 3.05) is 33.1 Å². The van der Waals surface area contributed by atoms with Crippen LogP contribution in [0.15, 0.2) is 24.3 Å². The summed E-state index contributed by atoms with van der Waals surface area (Å²) in [4.78, 5) is 0. The predicted octanol–water partition coefficient (Wildman–Crippen LogP) is 1.81. The van der Waals surface area contributed by atoms with Gasteiger partial charge in [-0.05, 0) is 31.9 Å². The third kappa shape index (κ3) is 4.18. The van der Waals surface area contributed by atoms with Crippen LogP contribution in [0.2, 0.25) is 0 Å². The molecule has 0 amide bonds. The van der Waals surface area contributed by atoms with E-state index >= 15 is 0 Å². The summed E-state index contributed by atoms with van der Waals surface area (Å²) < 4.78 is 36.4. The molecule has 1 fully saturated rings. The molecule has 1 heterocycles. The molecule has 1 aromatic carbocycles. The average Bonchev–Trinajstić information content (AvgIpc) is 2.46. The van der Waals surface area contributed by atoms with Gasteiger partial charge in [0.25, 0.3) is 0 Å². The molecule has 0 spiro atoms. The summed E-state index contributed by atoms with van der Waals surface area (Å²) in [5.74, 6) is 0.772. The molecule has 0 aliphatic carbocycles. The fraction of sp³-hybridized carbons (Fsp3) is 0.600. The number of hydrogen-bond donors (Lipinski definition) is 0. The van der Waals surface area contributed by atoms with E-state index in [-0.39, 0.29) is 0 Å². The Morgan fingerprint density at radius 1 is 1.29 bits per heavy atom. The molecule has 0 unspecified atom stereocenters. The Morgan fingerprint density at radius 2 is 1.95 bits per heavy atom. The van der Waals surface area contributed by atoms with Crippen molar-refractivity contribution >= 4 is 10.0 Å². The zero-order valence-corrected chi connectivity index (χ0v) is 13.6. The quantitative estimate of drug-likeness (QED) is 0.832. The maximum Gasteiger partial charge on any atom is 0.211 e. The first kappa shape index (κ1) is 16.3. The first-order chi connectivity index (χ1) is 9.85. The first-order valence-electron chi connectivity index (χ1n) is 7.04. The Balaban J connectivity index is 2.05. The van der Waals surface area contributed by atoms with Gasteiger partial charge in [-0.2, -0.15) is 4.31 Å². The summed E-state index contributed by atoms with van der Waals surface area (Å²) >= 11 is 0. The lowest BCUT2D eigenvalue weighted by Gasteiger charge is -2.40. The second kappa shape index (κ2) is 6.34. The Bertz CT molecular complexity index is 570. The van der Waals surface area contributed by atoms with Crippen molar-refractivity contribution in [1.29, 1.82) is 0 Å². The monoisotopic (exact) mass is 313 g/mol. The van der Waals surface area contributed by atoms with E-state index in [0.29, 0.717) is 19.7 Å². The van der Waals surface area contributed by atoms with E-state index in [1.165, 1.54) is 16.1 Å². The zero-order valence-electron chi connectivity index (χ0n) is 12.8. The third-order valence-corrected chi connectivity index (χ3v) is 5.18. The van der Waals surface area contributed by atoms with Crippen LogP contribution < -0.4 is 4.74 Å². The number of aryl methyl sites for hydroxylation is 1. The molecule has 0 radical (unpaired) electrons. The van der Waals surface area contributed by atoms with Crippen molar-refractivity contribution in [3.8, 4) is 5.75 Å². The van der Waals surface area contributed by atoms with Crippen molar-refractivity contribution in [2.45, 2.75) is 25.4 Å². The van der Waals surface area contributed by atoms with Gasteiger partial charge in [-0.1, -0.05) is 17.7 Å². The van der Waals surface area contributed by atoms with Crippen LogP contribution in [-0.4, -0.2) is 51.4 Å². The molecule has 0 saturated carbocycles. The van der Waals surface area contributed by atoms with Crippen LogP contribution in [0.25, 0.3) is 0 Å². The maximum atomic E-state index is 11.7.